The topological polar surface area (TPSA) is 177 Å². The Morgan fingerprint density at radius 1 is 0.862 bits per heavy atom. The molecule has 3 heterocycles. The van der Waals surface area contributed by atoms with Crippen molar-refractivity contribution in [3.8, 4) is 17.6 Å². The molecule has 2 saturated heterocycles. The van der Waals surface area contributed by atoms with Gasteiger partial charge in [-0.3, -0.25) is 24.5 Å². The number of anilines is 1. The summed E-state index contributed by atoms with van der Waals surface area (Å²) in [6, 6.07) is 14.2. The van der Waals surface area contributed by atoms with E-state index < -0.39 is 46.7 Å². The van der Waals surface area contributed by atoms with Gasteiger partial charge < -0.3 is 33.5 Å². The number of nitrogens with one attached hydrogen (secondary N) is 1. The van der Waals surface area contributed by atoms with Gasteiger partial charge >= 0.3 is 12.2 Å². The van der Waals surface area contributed by atoms with Crippen LogP contribution in [-0.4, -0.2) is 105 Å². The number of rotatable bonds is 17. The van der Waals surface area contributed by atoms with Gasteiger partial charge in [-0.2, -0.15) is 18.4 Å². The van der Waals surface area contributed by atoms with E-state index in [1.807, 2.05) is 0 Å². The van der Waals surface area contributed by atoms with Gasteiger partial charge in [0.15, 0.2) is 0 Å². The highest BCUT2D eigenvalue weighted by molar-refractivity contribution is 6.23. The Morgan fingerprint density at radius 3 is 2.12 bits per heavy atom. The van der Waals surface area contributed by atoms with E-state index in [-0.39, 0.29) is 63.3 Å². The lowest BCUT2D eigenvalue weighted by Crippen LogP contribution is -2.52. The molecular formula is C40H40F3N5O10. The molecule has 6 rings (SSSR count). The fourth-order valence-electron chi connectivity index (χ4n) is 6.88. The number of halogens is 3. The number of benzene rings is 3. The van der Waals surface area contributed by atoms with Crippen LogP contribution < -0.4 is 19.7 Å². The zero-order valence-corrected chi connectivity index (χ0v) is 31.6. The Bertz CT molecular complexity index is 2110. The number of nitrogens with zero attached hydrogens (tertiary/aromatic N) is 4. The summed E-state index contributed by atoms with van der Waals surface area (Å²) in [5.41, 5.74) is -2.13. The van der Waals surface area contributed by atoms with Crippen molar-refractivity contribution in [2.24, 2.45) is 0 Å². The molecule has 15 nitrogen and oxygen atoms in total. The summed E-state index contributed by atoms with van der Waals surface area (Å²) in [6.07, 6.45) is -4.41. The van der Waals surface area contributed by atoms with Gasteiger partial charge in [0, 0.05) is 24.6 Å². The van der Waals surface area contributed by atoms with E-state index in [0.29, 0.717) is 65.6 Å². The van der Waals surface area contributed by atoms with Gasteiger partial charge in [0.05, 0.1) is 69.1 Å². The first-order valence-corrected chi connectivity index (χ1v) is 18.3. The Kier molecular flexibility index (Phi) is 12.6. The van der Waals surface area contributed by atoms with Crippen LogP contribution in [0.3, 0.4) is 0 Å². The second-order valence-electron chi connectivity index (χ2n) is 13.6. The normalized spacial score (nSPS) is 19.4. The van der Waals surface area contributed by atoms with Crippen LogP contribution in [0.4, 0.5) is 23.7 Å². The molecule has 3 aliphatic heterocycles. The van der Waals surface area contributed by atoms with Crippen molar-refractivity contribution in [2.75, 3.05) is 64.8 Å². The van der Waals surface area contributed by atoms with E-state index in [4.69, 9.17) is 28.9 Å². The lowest BCUT2D eigenvalue weighted by atomic mass is 9.90. The van der Waals surface area contributed by atoms with Gasteiger partial charge in [-0.05, 0) is 61.4 Å². The first kappa shape index (κ1) is 41.6. The molecule has 6 amide bonds. The average molecular weight is 808 g/mol. The van der Waals surface area contributed by atoms with Crippen molar-refractivity contribution >= 4 is 35.3 Å². The molecule has 0 saturated carbocycles. The standard InChI is InChI=1S/C40H40F3N5O10/c1-39(37(52)48(38(53)46(39)2)27-9-6-25(23-44)31(22-27)40(41,42)43)26-7-10-28(11-8-26)57-20-18-55-16-14-54-15-17-56-19-21-58-33-5-3-4-29-30(33)24-47(36(29)51)32-12-13-34(49)45-35(32)50/h3-11,22,32H,12-21,24H2,1-2H3,(H,45,49,50). The lowest BCUT2D eigenvalue weighted by molar-refractivity contribution is -0.138. The Hall–Kier alpha value is -6.03. The molecule has 0 bridgehead atoms. The number of likely N-dealkylation sites (N-methyl/N-ethyl adjacent to an activating group) is 1. The number of alkyl halides is 3. The van der Waals surface area contributed by atoms with Crippen LogP contribution in [0.2, 0.25) is 0 Å². The second-order valence-corrected chi connectivity index (χ2v) is 13.6. The summed E-state index contributed by atoms with van der Waals surface area (Å²) in [4.78, 5) is 66.9. The number of carbonyl (C=O) groups is 5. The second kappa shape index (κ2) is 17.6. The van der Waals surface area contributed by atoms with E-state index in [9.17, 15) is 37.1 Å². The largest absolute Gasteiger partial charge is 0.491 e. The quantitative estimate of drug-likeness (QED) is 0.118. The zero-order chi connectivity index (χ0) is 41.6. The highest BCUT2D eigenvalue weighted by Gasteiger charge is 2.54. The lowest BCUT2D eigenvalue weighted by Gasteiger charge is -2.29. The van der Waals surface area contributed by atoms with Crippen molar-refractivity contribution in [2.45, 2.75) is 44.1 Å². The van der Waals surface area contributed by atoms with Gasteiger partial charge in [0.2, 0.25) is 11.8 Å². The van der Waals surface area contributed by atoms with Crippen LogP contribution in [0.25, 0.3) is 0 Å². The van der Waals surface area contributed by atoms with Crippen molar-refractivity contribution in [1.29, 1.82) is 5.26 Å². The van der Waals surface area contributed by atoms with E-state index in [2.05, 4.69) is 5.32 Å². The third-order valence-corrected chi connectivity index (χ3v) is 10.1. The van der Waals surface area contributed by atoms with E-state index in [1.54, 1.807) is 42.5 Å². The number of ether oxygens (including phenoxy) is 5. The molecule has 3 aromatic rings. The summed E-state index contributed by atoms with van der Waals surface area (Å²) >= 11 is 0. The Labute approximate surface area is 331 Å². The summed E-state index contributed by atoms with van der Waals surface area (Å²) < 4.78 is 69.0. The first-order chi connectivity index (χ1) is 27.7. The number of hydrogen-bond acceptors (Lipinski definition) is 11. The summed E-state index contributed by atoms with van der Waals surface area (Å²) in [5, 5.41) is 11.4. The molecule has 2 fully saturated rings. The number of amides is 6. The highest BCUT2D eigenvalue weighted by Crippen LogP contribution is 2.41. The molecule has 0 aromatic heterocycles. The maximum Gasteiger partial charge on any atom is 0.417 e. The molecule has 0 aliphatic carbocycles. The van der Waals surface area contributed by atoms with Crippen molar-refractivity contribution < 1.29 is 60.8 Å². The predicted molar refractivity (Wildman–Crippen MR) is 197 cm³/mol. The smallest absolute Gasteiger partial charge is 0.417 e. The van der Waals surface area contributed by atoms with E-state index >= 15 is 0 Å². The summed E-state index contributed by atoms with van der Waals surface area (Å²) in [6.45, 7) is 3.95. The van der Waals surface area contributed by atoms with Gasteiger partial charge in [-0.15, -0.1) is 0 Å². The van der Waals surface area contributed by atoms with Gasteiger partial charge in [-0.1, -0.05) is 18.2 Å². The monoisotopic (exact) mass is 807 g/mol. The molecule has 58 heavy (non-hydrogen) atoms. The number of imide groups is 2. The van der Waals surface area contributed by atoms with Gasteiger partial charge in [0.1, 0.15) is 36.3 Å². The molecule has 3 aromatic carbocycles. The van der Waals surface area contributed by atoms with Gasteiger partial charge in [-0.25, -0.2) is 9.69 Å². The Balaban J connectivity index is 0.852. The fraction of sp³-hybridized carbons (Fsp3) is 0.400. The van der Waals surface area contributed by atoms with Gasteiger partial charge in [0.25, 0.3) is 11.8 Å². The molecule has 306 valence electrons. The van der Waals surface area contributed by atoms with Crippen molar-refractivity contribution in [3.63, 3.8) is 0 Å². The number of carbonyl (C=O) groups excluding carboxylic acids is 5. The maximum atomic E-state index is 13.6. The molecule has 18 heteroatoms. The maximum absolute atomic E-state index is 13.6. The molecule has 2 atom stereocenters. The molecule has 2 unspecified atom stereocenters. The predicted octanol–water partition coefficient (Wildman–Crippen LogP) is 4.16. The SMILES string of the molecule is CN1C(=O)N(c2ccc(C#N)c(C(F)(F)F)c2)C(=O)C1(C)c1ccc(OCCOCCOCCOCCOc2cccc3c2CN(C2CCC(=O)NC2=O)C3=O)cc1. The molecule has 1 N–H and O–H groups in total. The van der Waals surface area contributed by atoms with Crippen LogP contribution in [0.1, 0.15) is 52.4 Å². The summed E-state index contributed by atoms with van der Waals surface area (Å²) in [7, 11) is 1.38. The number of hydrogen-bond donors (Lipinski definition) is 1. The highest BCUT2D eigenvalue weighted by atomic mass is 19.4. The first-order valence-electron chi connectivity index (χ1n) is 18.3. The molecule has 0 radical (unpaired) electrons. The minimum Gasteiger partial charge on any atom is -0.491 e. The van der Waals surface area contributed by atoms with Crippen LogP contribution in [0.15, 0.2) is 60.7 Å². The van der Waals surface area contributed by atoms with Crippen molar-refractivity contribution in [3.05, 3.63) is 88.5 Å². The molecular weight excluding hydrogens is 767 g/mol. The van der Waals surface area contributed by atoms with Crippen LogP contribution in [0.5, 0.6) is 11.5 Å². The van der Waals surface area contributed by atoms with E-state index in [1.165, 1.54) is 24.9 Å². The van der Waals surface area contributed by atoms with Crippen LogP contribution in [-0.2, 0) is 46.9 Å². The van der Waals surface area contributed by atoms with Crippen LogP contribution in [0, 0.1) is 11.3 Å². The molecule has 0 spiro atoms. The zero-order valence-electron chi connectivity index (χ0n) is 31.6. The number of fused-ring (bicyclic) bond motifs is 1. The minimum atomic E-state index is -4.86. The van der Waals surface area contributed by atoms with Crippen LogP contribution >= 0.6 is 0 Å². The van der Waals surface area contributed by atoms with Crippen molar-refractivity contribution in [1.82, 2.24) is 15.1 Å². The minimum absolute atomic E-state index is 0.177. The number of urea groups is 1. The number of nitriles is 1. The average Bonchev–Trinajstić information content (AvgIpc) is 3.62. The third-order valence-electron chi connectivity index (χ3n) is 10.1. The third kappa shape index (κ3) is 8.61. The Morgan fingerprint density at radius 2 is 1.50 bits per heavy atom. The number of piperidine rings is 1. The summed E-state index contributed by atoms with van der Waals surface area (Å²) in [5.74, 6) is -0.850. The van der Waals surface area contributed by atoms with E-state index in [0.717, 1.165) is 17.0 Å². The fourth-order valence-corrected chi connectivity index (χ4v) is 6.88. The molecule has 3 aliphatic rings.